The van der Waals surface area contributed by atoms with Crippen molar-refractivity contribution in [1.29, 1.82) is 0 Å². The van der Waals surface area contributed by atoms with Crippen molar-refractivity contribution < 1.29 is 13.2 Å². The highest BCUT2D eigenvalue weighted by molar-refractivity contribution is 8.00. The van der Waals surface area contributed by atoms with Gasteiger partial charge < -0.3 is 5.32 Å². The lowest BCUT2D eigenvalue weighted by Gasteiger charge is -2.45. The second kappa shape index (κ2) is 5.21. The third kappa shape index (κ3) is 3.78. The zero-order valence-corrected chi connectivity index (χ0v) is 11.7. The largest absolute Gasteiger partial charge is 0.441 e. The number of thioether (sulfide) groups is 1. The number of halogens is 3. The van der Waals surface area contributed by atoms with Crippen LogP contribution < -0.4 is 5.32 Å². The second-order valence-electron chi connectivity index (χ2n) is 5.69. The van der Waals surface area contributed by atoms with Gasteiger partial charge in [-0.1, -0.05) is 0 Å². The van der Waals surface area contributed by atoms with Gasteiger partial charge in [0.1, 0.15) is 0 Å². The van der Waals surface area contributed by atoms with E-state index < -0.39 is 5.51 Å². The predicted molar refractivity (Wildman–Crippen MR) is 68.7 cm³/mol. The minimum atomic E-state index is -4.10. The maximum atomic E-state index is 12.1. The molecule has 2 unspecified atom stereocenters. The molecule has 1 saturated heterocycles. The first-order valence-electron chi connectivity index (χ1n) is 6.50. The van der Waals surface area contributed by atoms with Crippen molar-refractivity contribution in [2.45, 2.75) is 43.8 Å². The molecule has 0 radical (unpaired) electrons. The van der Waals surface area contributed by atoms with Crippen LogP contribution in [-0.2, 0) is 0 Å². The van der Waals surface area contributed by atoms with Crippen LogP contribution in [0.2, 0.25) is 0 Å². The standard InChI is InChI=1S/C12H21F3N2S/c1-9-7-16-11(2,10-3-4-10)8-17(9)5-6-18-12(13,14)15/h9-10,16H,3-8H2,1-2H3. The van der Waals surface area contributed by atoms with Gasteiger partial charge in [0, 0.05) is 37.0 Å². The van der Waals surface area contributed by atoms with E-state index in [4.69, 9.17) is 0 Å². The molecule has 2 nitrogen and oxygen atoms in total. The number of alkyl halides is 3. The van der Waals surface area contributed by atoms with E-state index >= 15 is 0 Å². The second-order valence-corrected chi connectivity index (χ2v) is 6.85. The van der Waals surface area contributed by atoms with Crippen molar-refractivity contribution in [2.75, 3.05) is 25.4 Å². The SMILES string of the molecule is CC1CNC(C)(C2CC2)CN1CCSC(F)(F)F. The molecule has 2 rings (SSSR count). The lowest BCUT2D eigenvalue weighted by atomic mass is 9.91. The molecular weight excluding hydrogens is 261 g/mol. The number of hydrogen-bond donors (Lipinski definition) is 1. The number of nitrogens with zero attached hydrogens (tertiary/aromatic N) is 1. The molecule has 18 heavy (non-hydrogen) atoms. The normalized spacial score (nSPS) is 34.8. The summed E-state index contributed by atoms with van der Waals surface area (Å²) < 4.78 is 36.4. The van der Waals surface area contributed by atoms with Gasteiger partial charge >= 0.3 is 5.51 Å². The van der Waals surface area contributed by atoms with E-state index in [9.17, 15) is 13.2 Å². The fourth-order valence-electron chi connectivity index (χ4n) is 2.72. The molecule has 106 valence electrons. The summed E-state index contributed by atoms with van der Waals surface area (Å²) in [6.45, 7) is 6.56. The van der Waals surface area contributed by atoms with Crippen molar-refractivity contribution in [3.63, 3.8) is 0 Å². The van der Waals surface area contributed by atoms with Gasteiger partial charge in [0.05, 0.1) is 0 Å². The molecule has 1 aliphatic heterocycles. The summed E-state index contributed by atoms with van der Waals surface area (Å²) in [5, 5.41) is 3.57. The summed E-state index contributed by atoms with van der Waals surface area (Å²) in [6.07, 6.45) is 2.51. The van der Waals surface area contributed by atoms with Crippen LogP contribution in [0.15, 0.2) is 0 Å². The topological polar surface area (TPSA) is 15.3 Å². The third-order valence-corrected chi connectivity index (χ3v) is 4.79. The molecule has 0 amide bonds. The van der Waals surface area contributed by atoms with Crippen LogP contribution in [0.5, 0.6) is 0 Å². The van der Waals surface area contributed by atoms with Crippen molar-refractivity contribution in [3.8, 4) is 0 Å². The van der Waals surface area contributed by atoms with E-state index in [1.807, 2.05) is 0 Å². The Labute approximate surface area is 111 Å². The van der Waals surface area contributed by atoms with Crippen molar-refractivity contribution in [1.82, 2.24) is 10.2 Å². The first kappa shape index (κ1) is 14.5. The Morgan fingerprint density at radius 2 is 2.06 bits per heavy atom. The van der Waals surface area contributed by atoms with Gasteiger partial charge in [0.25, 0.3) is 0 Å². The van der Waals surface area contributed by atoms with E-state index in [0.29, 0.717) is 18.5 Å². The Hall–Kier alpha value is 0.0600. The average molecular weight is 282 g/mol. The van der Waals surface area contributed by atoms with E-state index in [1.54, 1.807) is 0 Å². The molecule has 1 saturated carbocycles. The molecule has 1 N–H and O–H groups in total. The van der Waals surface area contributed by atoms with Crippen molar-refractivity contribution >= 4 is 11.8 Å². The lowest BCUT2D eigenvalue weighted by Crippen LogP contribution is -2.63. The van der Waals surface area contributed by atoms with Crippen molar-refractivity contribution in [3.05, 3.63) is 0 Å². The molecule has 1 heterocycles. The summed E-state index contributed by atoms with van der Waals surface area (Å²) in [5.41, 5.74) is -3.99. The Morgan fingerprint density at radius 1 is 1.39 bits per heavy atom. The minimum absolute atomic E-state index is 0.0913. The Morgan fingerprint density at radius 3 is 2.61 bits per heavy atom. The van der Waals surface area contributed by atoms with Crippen molar-refractivity contribution in [2.24, 2.45) is 5.92 Å². The van der Waals surface area contributed by atoms with Crippen LogP contribution in [0.1, 0.15) is 26.7 Å². The van der Waals surface area contributed by atoms with Gasteiger partial charge in [0.15, 0.2) is 0 Å². The summed E-state index contributed by atoms with van der Waals surface area (Å²) in [5.74, 6) is 0.844. The Bertz CT molecular complexity index is 294. The number of nitrogens with one attached hydrogen (secondary N) is 1. The fraction of sp³-hybridized carbons (Fsp3) is 1.00. The molecule has 6 heteroatoms. The number of hydrogen-bond acceptors (Lipinski definition) is 3. The van der Waals surface area contributed by atoms with Crippen LogP contribution in [-0.4, -0.2) is 47.4 Å². The van der Waals surface area contributed by atoms with Crippen LogP contribution in [0.3, 0.4) is 0 Å². The molecular formula is C12H21F3N2S. The van der Waals surface area contributed by atoms with Crippen LogP contribution in [0.4, 0.5) is 13.2 Å². The summed E-state index contributed by atoms with van der Waals surface area (Å²) in [6, 6.07) is 0.325. The number of piperazine rings is 1. The molecule has 2 fully saturated rings. The zero-order valence-electron chi connectivity index (χ0n) is 10.9. The van der Waals surface area contributed by atoms with Crippen LogP contribution >= 0.6 is 11.8 Å². The van der Waals surface area contributed by atoms with Gasteiger partial charge in [-0.3, -0.25) is 4.90 Å². The van der Waals surface area contributed by atoms with Gasteiger partial charge in [0.2, 0.25) is 0 Å². The molecule has 0 aromatic carbocycles. The predicted octanol–water partition coefficient (Wildman–Crippen LogP) is 2.70. The maximum absolute atomic E-state index is 12.1. The minimum Gasteiger partial charge on any atom is -0.308 e. The van der Waals surface area contributed by atoms with Crippen LogP contribution in [0.25, 0.3) is 0 Å². The van der Waals surface area contributed by atoms with E-state index in [-0.39, 0.29) is 23.1 Å². The fourth-order valence-corrected chi connectivity index (χ4v) is 3.27. The molecule has 0 aromatic rings. The molecule has 0 aromatic heterocycles. The average Bonchev–Trinajstić information content (AvgIpc) is 3.05. The first-order chi connectivity index (χ1) is 8.30. The third-order valence-electron chi connectivity index (χ3n) is 4.08. The Kier molecular flexibility index (Phi) is 4.19. The Balaban J connectivity index is 1.82. The van der Waals surface area contributed by atoms with E-state index in [2.05, 4.69) is 24.1 Å². The molecule has 2 aliphatic rings. The van der Waals surface area contributed by atoms with E-state index in [0.717, 1.165) is 13.1 Å². The lowest BCUT2D eigenvalue weighted by molar-refractivity contribution is -0.0330. The quantitative estimate of drug-likeness (QED) is 0.853. The summed E-state index contributed by atoms with van der Waals surface area (Å²) >= 11 is 0.0913. The smallest absolute Gasteiger partial charge is 0.308 e. The zero-order chi connectivity index (χ0) is 13.4. The first-order valence-corrected chi connectivity index (χ1v) is 7.48. The summed E-state index contributed by atoms with van der Waals surface area (Å²) in [4.78, 5) is 2.20. The van der Waals surface area contributed by atoms with Crippen LogP contribution in [0, 0.1) is 5.92 Å². The molecule has 0 bridgehead atoms. The molecule has 2 atom stereocenters. The highest BCUT2D eigenvalue weighted by atomic mass is 32.2. The summed E-state index contributed by atoms with van der Waals surface area (Å²) in [7, 11) is 0. The highest BCUT2D eigenvalue weighted by Gasteiger charge is 2.45. The number of rotatable bonds is 4. The maximum Gasteiger partial charge on any atom is 0.441 e. The van der Waals surface area contributed by atoms with Gasteiger partial charge in [-0.05, 0) is 44.4 Å². The highest BCUT2D eigenvalue weighted by Crippen LogP contribution is 2.41. The van der Waals surface area contributed by atoms with E-state index in [1.165, 1.54) is 12.8 Å². The van der Waals surface area contributed by atoms with Gasteiger partial charge in [-0.15, -0.1) is 0 Å². The molecule has 0 spiro atoms. The monoisotopic (exact) mass is 282 g/mol. The van der Waals surface area contributed by atoms with Gasteiger partial charge in [-0.2, -0.15) is 13.2 Å². The molecule has 1 aliphatic carbocycles. The van der Waals surface area contributed by atoms with Gasteiger partial charge in [-0.25, -0.2) is 0 Å².